The second kappa shape index (κ2) is 5.84. The van der Waals surface area contributed by atoms with Crippen LogP contribution in [0.5, 0.6) is 11.5 Å². The summed E-state index contributed by atoms with van der Waals surface area (Å²) in [6, 6.07) is 5.39. The summed E-state index contributed by atoms with van der Waals surface area (Å²) in [5.74, 6) is 1.34. The van der Waals surface area contributed by atoms with Gasteiger partial charge < -0.3 is 14.6 Å². The summed E-state index contributed by atoms with van der Waals surface area (Å²) >= 11 is 1.53. The number of hydrogen-bond acceptors (Lipinski definition) is 5. The minimum Gasteiger partial charge on any atom is -0.497 e. The van der Waals surface area contributed by atoms with Crippen molar-refractivity contribution in [2.24, 2.45) is 0 Å². The second-order valence-corrected chi connectivity index (χ2v) is 4.77. The lowest BCUT2D eigenvalue weighted by Crippen LogP contribution is -2.02. The highest BCUT2D eigenvalue weighted by atomic mass is 32.1. The molecule has 0 fully saturated rings. The molecular weight excluding hydrogens is 250 g/mol. The Morgan fingerprint density at radius 2 is 1.89 bits per heavy atom. The van der Waals surface area contributed by atoms with Crippen molar-refractivity contribution in [3.05, 3.63) is 40.3 Å². The first-order chi connectivity index (χ1) is 8.72. The van der Waals surface area contributed by atoms with Gasteiger partial charge in [-0.3, -0.25) is 0 Å². The van der Waals surface area contributed by atoms with Crippen molar-refractivity contribution in [3.63, 3.8) is 0 Å². The number of benzene rings is 1. The summed E-state index contributed by atoms with van der Waals surface area (Å²) in [7, 11) is 3.18. The summed E-state index contributed by atoms with van der Waals surface area (Å²) in [4.78, 5) is 4.16. The van der Waals surface area contributed by atoms with Gasteiger partial charge in [0.2, 0.25) is 0 Å². The number of aromatic nitrogens is 1. The van der Waals surface area contributed by atoms with Gasteiger partial charge in [-0.2, -0.15) is 0 Å². The SMILES string of the molecule is COc1cc(OC)cc(C(O)Cc2nccs2)c1. The van der Waals surface area contributed by atoms with Crippen molar-refractivity contribution in [1.29, 1.82) is 0 Å². The molecule has 1 heterocycles. The molecular formula is C13H15NO3S. The Kier molecular flexibility index (Phi) is 4.17. The fourth-order valence-corrected chi connectivity index (χ4v) is 2.31. The van der Waals surface area contributed by atoms with E-state index < -0.39 is 6.10 Å². The molecule has 0 amide bonds. The fourth-order valence-electron chi connectivity index (χ4n) is 1.66. The lowest BCUT2D eigenvalue weighted by atomic mass is 10.1. The maximum absolute atomic E-state index is 10.2. The number of rotatable bonds is 5. The summed E-state index contributed by atoms with van der Waals surface area (Å²) < 4.78 is 10.4. The van der Waals surface area contributed by atoms with E-state index in [1.165, 1.54) is 11.3 Å². The molecule has 18 heavy (non-hydrogen) atoms. The van der Waals surface area contributed by atoms with Crippen LogP contribution in [0, 0.1) is 0 Å². The van der Waals surface area contributed by atoms with Crippen molar-refractivity contribution in [1.82, 2.24) is 4.98 Å². The first-order valence-electron chi connectivity index (χ1n) is 5.52. The predicted octanol–water partition coefficient (Wildman–Crippen LogP) is 2.44. The largest absolute Gasteiger partial charge is 0.497 e. The van der Waals surface area contributed by atoms with E-state index in [0.29, 0.717) is 17.9 Å². The van der Waals surface area contributed by atoms with E-state index in [1.807, 2.05) is 5.38 Å². The number of aliphatic hydroxyl groups is 1. The molecule has 0 saturated carbocycles. The molecule has 1 N–H and O–H groups in total. The summed E-state index contributed by atoms with van der Waals surface area (Å²) in [6.07, 6.45) is 1.62. The molecule has 1 aromatic heterocycles. The lowest BCUT2D eigenvalue weighted by molar-refractivity contribution is 0.177. The van der Waals surface area contributed by atoms with E-state index in [-0.39, 0.29) is 0 Å². The third kappa shape index (κ3) is 3.00. The van der Waals surface area contributed by atoms with Gasteiger partial charge in [0, 0.05) is 24.1 Å². The Labute approximate surface area is 110 Å². The van der Waals surface area contributed by atoms with Gasteiger partial charge in [-0.05, 0) is 17.7 Å². The quantitative estimate of drug-likeness (QED) is 0.902. The van der Waals surface area contributed by atoms with Crippen LogP contribution in [-0.4, -0.2) is 24.3 Å². The summed E-state index contributed by atoms with van der Waals surface area (Å²) in [5, 5.41) is 13.0. The molecule has 0 aliphatic heterocycles. The zero-order valence-electron chi connectivity index (χ0n) is 10.3. The van der Waals surface area contributed by atoms with Crippen LogP contribution in [0.15, 0.2) is 29.8 Å². The van der Waals surface area contributed by atoms with Gasteiger partial charge >= 0.3 is 0 Å². The Balaban J connectivity index is 2.20. The van der Waals surface area contributed by atoms with Gasteiger partial charge in [0.05, 0.1) is 25.3 Å². The molecule has 2 aromatic rings. The molecule has 0 aliphatic rings. The molecule has 0 aliphatic carbocycles. The van der Waals surface area contributed by atoms with Crippen LogP contribution in [0.3, 0.4) is 0 Å². The van der Waals surface area contributed by atoms with Crippen LogP contribution in [0.1, 0.15) is 16.7 Å². The fraction of sp³-hybridized carbons (Fsp3) is 0.308. The smallest absolute Gasteiger partial charge is 0.122 e. The Morgan fingerprint density at radius 1 is 1.22 bits per heavy atom. The number of thiazole rings is 1. The molecule has 5 heteroatoms. The van der Waals surface area contributed by atoms with Crippen molar-refractivity contribution in [2.75, 3.05) is 14.2 Å². The monoisotopic (exact) mass is 265 g/mol. The minimum absolute atomic E-state index is 0.494. The normalized spacial score (nSPS) is 12.2. The van der Waals surface area contributed by atoms with Crippen LogP contribution in [0.4, 0.5) is 0 Å². The highest BCUT2D eigenvalue weighted by molar-refractivity contribution is 7.09. The molecule has 1 atom stereocenters. The van der Waals surface area contributed by atoms with E-state index in [9.17, 15) is 5.11 Å². The molecule has 96 valence electrons. The van der Waals surface area contributed by atoms with Gasteiger partial charge in [-0.1, -0.05) is 0 Å². The van der Waals surface area contributed by atoms with Gasteiger partial charge in [-0.25, -0.2) is 4.98 Å². The average Bonchev–Trinajstić information content (AvgIpc) is 2.90. The van der Waals surface area contributed by atoms with Crippen molar-refractivity contribution >= 4 is 11.3 Å². The molecule has 1 aromatic carbocycles. The summed E-state index contributed by atoms with van der Waals surface area (Å²) in [6.45, 7) is 0. The third-order valence-electron chi connectivity index (χ3n) is 2.61. The molecule has 0 spiro atoms. The van der Waals surface area contributed by atoms with Gasteiger partial charge in [0.15, 0.2) is 0 Å². The maximum atomic E-state index is 10.2. The third-order valence-corrected chi connectivity index (χ3v) is 3.41. The average molecular weight is 265 g/mol. The molecule has 0 bridgehead atoms. The van der Waals surface area contributed by atoms with Crippen LogP contribution >= 0.6 is 11.3 Å². The Morgan fingerprint density at radius 3 is 2.39 bits per heavy atom. The topological polar surface area (TPSA) is 51.6 Å². The van der Waals surface area contributed by atoms with E-state index in [1.54, 1.807) is 38.6 Å². The highest BCUT2D eigenvalue weighted by Crippen LogP contribution is 2.28. The van der Waals surface area contributed by atoms with Crippen molar-refractivity contribution < 1.29 is 14.6 Å². The zero-order chi connectivity index (χ0) is 13.0. The first kappa shape index (κ1) is 12.9. The highest BCUT2D eigenvalue weighted by Gasteiger charge is 2.13. The van der Waals surface area contributed by atoms with Crippen LogP contribution < -0.4 is 9.47 Å². The number of methoxy groups -OCH3 is 2. The number of nitrogens with zero attached hydrogens (tertiary/aromatic N) is 1. The van der Waals surface area contributed by atoms with Crippen molar-refractivity contribution in [2.45, 2.75) is 12.5 Å². The Hall–Kier alpha value is -1.59. The van der Waals surface area contributed by atoms with Gasteiger partial charge in [0.25, 0.3) is 0 Å². The maximum Gasteiger partial charge on any atom is 0.122 e. The predicted molar refractivity (Wildman–Crippen MR) is 70.3 cm³/mol. The van der Waals surface area contributed by atoms with Crippen LogP contribution in [-0.2, 0) is 6.42 Å². The number of aliphatic hydroxyl groups excluding tert-OH is 1. The van der Waals surface area contributed by atoms with Gasteiger partial charge in [-0.15, -0.1) is 11.3 Å². The second-order valence-electron chi connectivity index (χ2n) is 3.79. The Bertz CT molecular complexity index is 477. The molecule has 0 saturated heterocycles. The van der Waals surface area contributed by atoms with E-state index in [4.69, 9.17) is 9.47 Å². The van der Waals surface area contributed by atoms with Crippen molar-refractivity contribution in [3.8, 4) is 11.5 Å². The summed E-state index contributed by atoms with van der Waals surface area (Å²) in [5.41, 5.74) is 0.765. The van der Waals surface area contributed by atoms with E-state index in [0.717, 1.165) is 10.6 Å². The molecule has 1 unspecified atom stereocenters. The van der Waals surface area contributed by atoms with E-state index in [2.05, 4.69) is 4.98 Å². The van der Waals surface area contributed by atoms with Crippen LogP contribution in [0.25, 0.3) is 0 Å². The van der Waals surface area contributed by atoms with Crippen LogP contribution in [0.2, 0.25) is 0 Å². The van der Waals surface area contributed by atoms with E-state index >= 15 is 0 Å². The molecule has 2 rings (SSSR count). The number of hydrogen-bond donors (Lipinski definition) is 1. The zero-order valence-corrected chi connectivity index (χ0v) is 11.1. The number of ether oxygens (including phenoxy) is 2. The minimum atomic E-state index is -0.611. The standard InChI is InChI=1S/C13H15NO3S/c1-16-10-5-9(6-11(7-10)17-2)12(15)8-13-14-3-4-18-13/h3-7,12,15H,8H2,1-2H3. The molecule has 4 nitrogen and oxygen atoms in total. The molecule has 0 radical (unpaired) electrons. The first-order valence-corrected chi connectivity index (χ1v) is 6.40. The van der Waals surface area contributed by atoms with Gasteiger partial charge in [0.1, 0.15) is 11.5 Å². The lowest BCUT2D eigenvalue weighted by Gasteiger charge is -2.12.